The van der Waals surface area contributed by atoms with Crippen LogP contribution in [0.25, 0.3) is 0 Å². The number of para-hydroxylation sites is 1. The van der Waals surface area contributed by atoms with Gasteiger partial charge >= 0.3 is 0 Å². The van der Waals surface area contributed by atoms with Crippen LogP contribution in [-0.2, 0) is 0 Å². The van der Waals surface area contributed by atoms with Crippen LogP contribution in [0, 0.1) is 5.41 Å². The van der Waals surface area contributed by atoms with Crippen LogP contribution in [-0.4, -0.2) is 31.1 Å². The van der Waals surface area contributed by atoms with Gasteiger partial charge in [0.1, 0.15) is 5.75 Å². The van der Waals surface area contributed by atoms with Crippen molar-refractivity contribution in [3.63, 3.8) is 0 Å². The van der Waals surface area contributed by atoms with Crippen molar-refractivity contribution < 1.29 is 4.74 Å². The quantitative estimate of drug-likeness (QED) is 0.867. The van der Waals surface area contributed by atoms with Gasteiger partial charge in [0.15, 0.2) is 0 Å². The number of nitrogens with zero attached hydrogens (tertiary/aromatic N) is 1. The molecule has 1 atom stereocenters. The number of hydrogen-bond donors (Lipinski definition) is 1. The van der Waals surface area contributed by atoms with Gasteiger partial charge in [-0.3, -0.25) is 4.90 Å². The zero-order valence-electron chi connectivity index (χ0n) is 13.1. The molecule has 3 nitrogen and oxygen atoms in total. The van der Waals surface area contributed by atoms with E-state index >= 15 is 0 Å². The number of benzene rings is 1. The number of fused-ring (bicyclic) bond motifs is 1. The second-order valence-electron chi connectivity index (χ2n) is 6.53. The Morgan fingerprint density at radius 2 is 2.10 bits per heavy atom. The van der Waals surface area contributed by atoms with Gasteiger partial charge in [0, 0.05) is 24.6 Å². The van der Waals surface area contributed by atoms with E-state index in [0.717, 1.165) is 38.4 Å². The smallest absolute Gasteiger partial charge is 0.124 e. The van der Waals surface area contributed by atoms with Crippen molar-refractivity contribution >= 4 is 0 Å². The van der Waals surface area contributed by atoms with Gasteiger partial charge in [0.2, 0.25) is 0 Å². The monoisotopic (exact) mass is 276 g/mol. The molecule has 0 aromatic heterocycles. The molecule has 2 N–H and O–H groups in total. The standard InChI is InChI=1S/C17H28N2O/c1-4-10-19(13-17(2,3)12-18)15-9-11-20-16-8-6-5-7-14(15)16/h5-8,15H,4,9-13,18H2,1-3H3. The van der Waals surface area contributed by atoms with Gasteiger partial charge in [0.05, 0.1) is 6.61 Å². The third-order valence-electron chi connectivity index (χ3n) is 4.06. The minimum atomic E-state index is 0.155. The first-order valence-electron chi connectivity index (χ1n) is 7.73. The highest BCUT2D eigenvalue weighted by atomic mass is 16.5. The topological polar surface area (TPSA) is 38.5 Å². The molecule has 0 radical (unpaired) electrons. The molecule has 3 heteroatoms. The normalized spacial score (nSPS) is 18.8. The zero-order valence-corrected chi connectivity index (χ0v) is 13.1. The van der Waals surface area contributed by atoms with Gasteiger partial charge < -0.3 is 10.5 Å². The van der Waals surface area contributed by atoms with E-state index in [4.69, 9.17) is 10.5 Å². The summed E-state index contributed by atoms with van der Waals surface area (Å²) in [6, 6.07) is 8.91. The Bertz CT molecular complexity index is 431. The average Bonchev–Trinajstić information content (AvgIpc) is 2.46. The largest absolute Gasteiger partial charge is 0.493 e. The molecule has 0 fully saturated rings. The molecule has 112 valence electrons. The van der Waals surface area contributed by atoms with Gasteiger partial charge in [-0.2, -0.15) is 0 Å². The maximum absolute atomic E-state index is 5.92. The SMILES string of the molecule is CCCN(CC(C)(C)CN)C1CCOc2ccccc21. The lowest BCUT2D eigenvalue weighted by Gasteiger charge is -2.39. The van der Waals surface area contributed by atoms with Crippen molar-refractivity contribution in [2.75, 3.05) is 26.2 Å². The number of rotatable bonds is 6. The molecular formula is C17H28N2O. The van der Waals surface area contributed by atoms with Crippen molar-refractivity contribution in [3.8, 4) is 5.75 Å². The molecule has 1 heterocycles. The van der Waals surface area contributed by atoms with Crippen LogP contribution in [0.15, 0.2) is 24.3 Å². The highest BCUT2D eigenvalue weighted by Crippen LogP contribution is 2.37. The highest BCUT2D eigenvalue weighted by molar-refractivity contribution is 5.37. The number of hydrogen-bond acceptors (Lipinski definition) is 3. The molecule has 2 rings (SSSR count). The minimum absolute atomic E-state index is 0.155. The van der Waals surface area contributed by atoms with E-state index in [1.54, 1.807) is 0 Å². The molecule has 20 heavy (non-hydrogen) atoms. The molecule has 0 amide bonds. The van der Waals surface area contributed by atoms with Crippen LogP contribution in [0.3, 0.4) is 0 Å². The van der Waals surface area contributed by atoms with Crippen molar-refractivity contribution in [1.82, 2.24) is 4.90 Å². The summed E-state index contributed by atoms with van der Waals surface area (Å²) in [5, 5.41) is 0. The molecule has 1 unspecified atom stereocenters. The summed E-state index contributed by atoms with van der Waals surface area (Å²) < 4.78 is 5.79. The maximum Gasteiger partial charge on any atom is 0.124 e. The van der Waals surface area contributed by atoms with Crippen LogP contribution in [0.5, 0.6) is 5.75 Å². The van der Waals surface area contributed by atoms with E-state index < -0.39 is 0 Å². The van der Waals surface area contributed by atoms with Gasteiger partial charge in [-0.25, -0.2) is 0 Å². The Morgan fingerprint density at radius 3 is 2.80 bits per heavy atom. The van der Waals surface area contributed by atoms with Crippen molar-refractivity contribution in [2.45, 2.75) is 39.7 Å². The molecule has 0 saturated carbocycles. The summed E-state index contributed by atoms with van der Waals surface area (Å²) in [5.74, 6) is 1.05. The average molecular weight is 276 g/mol. The second kappa shape index (κ2) is 6.59. The van der Waals surface area contributed by atoms with E-state index in [9.17, 15) is 0 Å². The van der Waals surface area contributed by atoms with Crippen LogP contribution >= 0.6 is 0 Å². The predicted octanol–water partition coefficient (Wildman–Crippen LogP) is 3.21. The highest BCUT2D eigenvalue weighted by Gasteiger charge is 2.30. The summed E-state index contributed by atoms with van der Waals surface area (Å²) in [6.45, 7) is 10.4. The summed E-state index contributed by atoms with van der Waals surface area (Å²) >= 11 is 0. The summed E-state index contributed by atoms with van der Waals surface area (Å²) in [6.07, 6.45) is 2.23. The van der Waals surface area contributed by atoms with Crippen molar-refractivity contribution in [1.29, 1.82) is 0 Å². The van der Waals surface area contributed by atoms with E-state index in [2.05, 4.69) is 49.9 Å². The van der Waals surface area contributed by atoms with Gasteiger partial charge in [-0.1, -0.05) is 39.0 Å². The minimum Gasteiger partial charge on any atom is -0.493 e. The Balaban J connectivity index is 2.22. The van der Waals surface area contributed by atoms with Crippen molar-refractivity contribution in [2.24, 2.45) is 11.1 Å². The Hall–Kier alpha value is -1.06. The fourth-order valence-electron chi connectivity index (χ4n) is 2.95. The van der Waals surface area contributed by atoms with Crippen LogP contribution < -0.4 is 10.5 Å². The molecule has 1 aliphatic rings. The molecule has 0 bridgehead atoms. The molecule has 0 aliphatic carbocycles. The number of ether oxygens (including phenoxy) is 1. The number of nitrogens with two attached hydrogens (primary N) is 1. The fraction of sp³-hybridized carbons (Fsp3) is 0.647. The predicted molar refractivity (Wildman–Crippen MR) is 84.0 cm³/mol. The lowest BCUT2D eigenvalue weighted by atomic mass is 9.90. The zero-order chi connectivity index (χ0) is 14.6. The fourth-order valence-corrected chi connectivity index (χ4v) is 2.95. The van der Waals surface area contributed by atoms with Gasteiger partial charge in [-0.05, 0) is 31.0 Å². The van der Waals surface area contributed by atoms with Crippen molar-refractivity contribution in [3.05, 3.63) is 29.8 Å². The molecule has 1 aromatic rings. The summed E-state index contributed by atoms with van der Waals surface area (Å²) in [5.41, 5.74) is 7.41. The van der Waals surface area contributed by atoms with Crippen LogP contribution in [0.2, 0.25) is 0 Å². The van der Waals surface area contributed by atoms with E-state index in [-0.39, 0.29) is 5.41 Å². The molecule has 0 spiro atoms. The molecule has 1 aliphatic heterocycles. The van der Waals surface area contributed by atoms with E-state index in [1.165, 1.54) is 12.0 Å². The lowest BCUT2D eigenvalue weighted by Crippen LogP contribution is -2.42. The van der Waals surface area contributed by atoms with Gasteiger partial charge in [0.25, 0.3) is 0 Å². The third-order valence-corrected chi connectivity index (χ3v) is 4.06. The first-order valence-corrected chi connectivity index (χ1v) is 7.73. The Kier molecular flexibility index (Phi) is 5.06. The van der Waals surface area contributed by atoms with Crippen LogP contribution in [0.1, 0.15) is 45.2 Å². The van der Waals surface area contributed by atoms with E-state index in [1.807, 2.05) is 0 Å². The summed E-state index contributed by atoms with van der Waals surface area (Å²) in [4.78, 5) is 2.59. The third kappa shape index (κ3) is 3.53. The van der Waals surface area contributed by atoms with E-state index in [0.29, 0.717) is 6.04 Å². The lowest BCUT2D eigenvalue weighted by molar-refractivity contribution is 0.0991. The second-order valence-corrected chi connectivity index (χ2v) is 6.53. The molecular weight excluding hydrogens is 248 g/mol. The molecule has 1 aromatic carbocycles. The Labute approximate surface area is 123 Å². The summed E-state index contributed by atoms with van der Waals surface area (Å²) in [7, 11) is 0. The Morgan fingerprint density at radius 1 is 1.35 bits per heavy atom. The maximum atomic E-state index is 5.92. The van der Waals surface area contributed by atoms with Crippen LogP contribution in [0.4, 0.5) is 0 Å². The first kappa shape index (κ1) is 15.3. The van der Waals surface area contributed by atoms with Gasteiger partial charge in [-0.15, -0.1) is 0 Å². The molecule has 0 saturated heterocycles. The first-order chi connectivity index (χ1) is 9.57.